The first-order chi connectivity index (χ1) is 11.7. The average Bonchev–Trinajstić information content (AvgIpc) is 2.44. The molecule has 1 unspecified atom stereocenters. The molecule has 1 N–H and O–H groups in total. The molecule has 1 aromatic rings. The van der Waals surface area contributed by atoms with E-state index in [1.807, 2.05) is 0 Å². The van der Waals surface area contributed by atoms with Crippen molar-refractivity contribution in [2.45, 2.75) is 48.8 Å². The molecule has 156 valence electrons. The molecule has 0 saturated carbocycles. The molecule has 27 heavy (non-hydrogen) atoms. The van der Waals surface area contributed by atoms with E-state index in [-0.39, 0.29) is 5.02 Å². The summed E-state index contributed by atoms with van der Waals surface area (Å²) in [5.74, 6) is -28.3. The molecular formula is C14H10ClF11O. The van der Waals surface area contributed by atoms with E-state index in [0.717, 1.165) is 24.3 Å². The Hall–Kier alpha value is -1.30. The number of alkyl halides is 11. The molecule has 1 nitrogen and oxygen atoms in total. The average molecular weight is 439 g/mol. The SMILES string of the molecule is CC(O)(CC(F)(F)C(F)(F)C(F)(F)C(F)(F)C(F)(F)F)c1ccc(Cl)cc1. The van der Waals surface area contributed by atoms with Crippen molar-refractivity contribution in [3.8, 4) is 0 Å². The Kier molecular flexibility index (Phi) is 5.84. The van der Waals surface area contributed by atoms with Crippen LogP contribution in [0.1, 0.15) is 18.9 Å². The predicted octanol–water partition coefficient (Wildman–Crippen LogP) is 6.04. The van der Waals surface area contributed by atoms with Crippen molar-refractivity contribution in [3.05, 3.63) is 34.9 Å². The van der Waals surface area contributed by atoms with Crippen molar-refractivity contribution in [1.82, 2.24) is 0 Å². The minimum Gasteiger partial charge on any atom is -0.385 e. The summed E-state index contributed by atoms with van der Waals surface area (Å²) in [6.45, 7) is 0.459. The van der Waals surface area contributed by atoms with E-state index in [2.05, 4.69) is 0 Å². The van der Waals surface area contributed by atoms with Crippen LogP contribution in [0.5, 0.6) is 0 Å². The second-order valence-electron chi connectivity index (χ2n) is 5.88. The smallest absolute Gasteiger partial charge is 0.385 e. The Balaban J connectivity index is 3.33. The zero-order valence-electron chi connectivity index (χ0n) is 13.0. The predicted molar refractivity (Wildman–Crippen MR) is 71.5 cm³/mol. The fourth-order valence-corrected chi connectivity index (χ4v) is 2.19. The third-order valence-electron chi connectivity index (χ3n) is 3.64. The second-order valence-corrected chi connectivity index (χ2v) is 6.32. The van der Waals surface area contributed by atoms with Crippen molar-refractivity contribution in [3.63, 3.8) is 0 Å². The third-order valence-corrected chi connectivity index (χ3v) is 3.89. The molecule has 13 heteroatoms. The number of halogens is 12. The first-order valence-electron chi connectivity index (χ1n) is 6.77. The van der Waals surface area contributed by atoms with Crippen LogP contribution in [-0.2, 0) is 5.60 Å². The molecule has 0 fully saturated rings. The summed E-state index contributed by atoms with van der Waals surface area (Å²) in [5.41, 5.74) is -3.55. The topological polar surface area (TPSA) is 20.2 Å². The van der Waals surface area contributed by atoms with Crippen molar-refractivity contribution in [2.24, 2.45) is 0 Å². The zero-order valence-corrected chi connectivity index (χ0v) is 13.8. The van der Waals surface area contributed by atoms with Crippen LogP contribution in [0.15, 0.2) is 24.3 Å². The Morgan fingerprint density at radius 2 is 1.15 bits per heavy atom. The van der Waals surface area contributed by atoms with Crippen LogP contribution in [0.25, 0.3) is 0 Å². The Labute approximate surface area is 149 Å². The van der Waals surface area contributed by atoms with Gasteiger partial charge in [0.25, 0.3) is 0 Å². The van der Waals surface area contributed by atoms with Crippen LogP contribution < -0.4 is 0 Å². The lowest BCUT2D eigenvalue weighted by molar-refractivity contribution is -0.424. The van der Waals surface area contributed by atoms with Gasteiger partial charge in [-0.05, 0) is 24.6 Å². The first kappa shape index (κ1) is 23.7. The molecule has 0 heterocycles. The summed E-state index contributed by atoms with van der Waals surface area (Å²) in [4.78, 5) is 0. The summed E-state index contributed by atoms with van der Waals surface area (Å²) in [6, 6.07) is 3.71. The Morgan fingerprint density at radius 3 is 1.52 bits per heavy atom. The lowest BCUT2D eigenvalue weighted by Gasteiger charge is -2.39. The van der Waals surface area contributed by atoms with Crippen LogP contribution in [-0.4, -0.2) is 35.0 Å². The highest BCUT2D eigenvalue weighted by Gasteiger charge is 2.87. The quantitative estimate of drug-likeness (QED) is 0.537. The molecule has 0 aliphatic rings. The Bertz CT molecular complexity index is 665. The maximum atomic E-state index is 13.8. The van der Waals surface area contributed by atoms with E-state index in [0.29, 0.717) is 6.92 Å². The van der Waals surface area contributed by atoms with Gasteiger partial charge < -0.3 is 5.11 Å². The van der Waals surface area contributed by atoms with Gasteiger partial charge in [0.05, 0.1) is 12.0 Å². The third kappa shape index (κ3) is 3.96. The van der Waals surface area contributed by atoms with Crippen LogP contribution in [0.4, 0.5) is 48.3 Å². The van der Waals surface area contributed by atoms with Gasteiger partial charge in [-0.2, -0.15) is 48.3 Å². The van der Waals surface area contributed by atoms with Gasteiger partial charge >= 0.3 is 29.9 Å². The molecular weight excluding hydrogens is 429 g/mol. The van der Waals surface area contributed by atoms with Crippen LogP contribution in [0.3, 0.4) is 0 Å². The first-order valence-corrected chi connectivity index (χ1v) is 7.15. The van der Waals surface area contributed by atoms with Gasteiger partial charge in [0, 0.05) is 5.02 Å². The molecule has 0 radical (unpaired) electrons. The van der Waals surface area contributed by atoms with Crippen LogP contribution >= 0.6 is 11.6 Å². The fraction of sp³-hybridized carbons (Fsp3) is 0.571. The number of benzene rings is 1. The minimum absolute atomic E-state index is 0.0167. The summed E-state index contributed by atoms with van der Waals surface area (Å²) in [7, 11) is 0. The number of rotatable bonds is 6. The van der Waals surface area contributed by atoms with Gasteiger partial charge in [-0.15, -0.1) is 0 Å². The largest absolute Gasteiger partial charge is 0.460 e. The van der Waals surface area contributed by atoms with Crippen molar-refractivity contribution >= 4 is 11.6 Å². The lowest BCUT2D eigenvalue weighted by atomic mass is 9.85. The molecule has 1 aromatic carbocycles. The number of aliphatic hydroxyl groups is 1. The van der Waals surface area contributed by atoms with Crippen LogP contribution in [0, 0.1) is 0 Å². The van der Waals surface area contributed by atoms with E-state index in [1.165, 1.54) is 0 Å². The van der Waals surface area contributed by atoms with E-state index in [1.54, 1.807) is 0 Å². The lowest BCUT2D eigenvalue weighted by Crippen LogP contribution is -2.67. The van der Waals surface area contributed by atoms with Gasteiger partial charge in [-0.3, -0.25) is 0 Å². The summed E-state index contributed by atoms with van der Waals surface area (Å²) < 4.78 is 143. The van der Waals surface area contributed by atoms with E-state index < -0.39 is 47.5 Å². The molecule has 0 bridgehead atoms. The molecule has 0 spiro atoms. The minimum atomic E-state index is -7.50. The summed E-state index contributed by atoms with van der Waals surface area (Å²) >= 11 is 5.48. The highest BCUT2D eigenvalue weighted by atomic mass is 35.5. The molecule has 1 rings (SSSR count). The maximum absolute atomic E-state index is 13.8. The van der Waals surface area contributed by atoms with E-state index in [4.69, 9.17) is 11.6 Å². The molecule has 0 amide bonds. The Morgan fingerprint density at radius 1 is 0.741 bits per heavy atom. The van der Waals surface area contributed by atoms with E-state index >= 15 is 0 Å². The fourth-order valence-electron chi connectivity index (χ4n) is 2.06. The molecule has 1 atom stereocenters. The van der Waals surface area contributed by atoms with Gasteiger partial charge in [0.15, 0.2) is 0 Å². The molecule has 0 aromatic heterocycles. The normalized spacial score (nSPS) is 17.0. The molecule has 0 aliphatic carbocycles. The second kappa shape index (κ2) is 6.64. The highest BCUT2D eigenvalue weighted by Crippen LogP contribution is 2.59. The molecule has 0 aliphatic heterocycles. The van der Waals surface area contributed by atoms with Gasteiger partial charge in [-0.25, -0.2) is 0 Å². The van der Waals surface area contributed by atoms with Gasteiger partial charge in [0.1, 0.15) is 0 Å². The molecule has 0 saturated heterocycles. The summed E-state index contributed by atoms with van der Waals surface area (Å²) in [5, 5.41) is 9.91. The van der Waals surface area contributed by atoms with E-state index in [9.17, 15) is 53.4 Å². The van der Waals surface area contributed by atoms with Crippen molar-refractivity contribution in [1.29, 1.82) is 0 Å². The number of hydrogen-bond acceptors (Lipinski definition) is 1. The summed E-state index contributed by atoms with van der Waals surface area (Å²) in [6.07, 6.45) is -9.81. The van der Waals surface area contributed by atoms with Gasteiger partial charge in [-0.1, -0.05) is 23.7 Å². The van der Waals surface area contributed by atoms with Gasteiger partial charge in [0.2, 0.25) is 0 Å². The monoisotopic (exact) mass is 438 g/mol. The number of hydrogen-bond donors (Lipinski definition) is 1. The van der Waals surface area contributed by atoms with Crippen molar-refractivity contribution in [2.75, 3.05) is 0 Å². The zero-order chi connectivity index (χ0) is 21.7. The van der Waals surface area contributed by atoms with Crippen molar-refractivity contribution < 1.29 is 53.4 Å². The van der Waals surface area contributed by atoms with Crippen LogP contribution in [0.2, 0.25) is 5.02 Å². The maximum Gasteiger partial charge on any atom is 0.460 e. The standard InChI is InChI=1S/C14H10ClF11O/c1-9(27,7-2-4-8(15)5-3-7)6-10(16,17)11(18,19)12(20,21)13(22,23)14(24,25)26/h2-5,27H,6H2,1H3. The highest BCUT2D eigenvalue weighted by molar-refractivity contribution is 6.30.